The Morgan fingerprint density at radius 1 is 0.450 bits per heavy atom. The predicted molar refractivity (Wildman–Crippen MR) is 171 cm³/mol. The fourth-order valence-electron chi connectivity index (χ4n) is 4.88. The first-order valence-corrected chi connectivity index (χ1v) is 14.2. The summed E-state index contributed by atoms with van der Waals surface area (Å²) in [5.74, 6) is -0.436. The van der Waals surface area contributed by atoms with Crippen LogP contribution >= 0.6 is 31.9 Å². The van der Waals surface area contributed by atoms with E-state index in [1.807, 2.05) is 97.1 Å². The van der Waals surface area contributed by atoms with Crippen molar-refractivity contribution < 1.29 is 9.59 Å². The zero-order valence-electron chi connectivity index (χ0n) is 21.1. The minimum absolute atomic E-state index is 0.218. The standard InChI is InChI=1S/C34H22Br2N2O2/c35-25-15-9-23(10-16-25)33(39)37-29-19-13-21-5-1-3-7-27(21)31(29)32-28-8-4-2-6-22(28)14-20-30(32)38-34(40)24-11-17-26(36)18-12-24/h1-20H,(H,37,39)(H,38,40). The van der Waals surface area contributed by atoms with Crippen molar-refractivity contribution in [1.82, 2.24) is 0 Å². The van der Waals surface area contributed by atoms with Crippen molar-refractivity contribution >= 4 is 76.6 Å². The van der Waals surface area contributed by atoms with E-state index in [-0.39, 0.29) is 11.8 Å². The Morgan fingerprint density at radius 3 is 1.23 bits per heavy atom. The molecule has 2 N–H and O–H groups in total. The first kappa shape index (κ1) is 26.0. The van der Waals surface area contributed by atoms with E-state index in [1.165, 1.54) is 0 Å². The molecular weight excluding hydrogens is 628 g/mol. The van der Waals surface area contributed by atoms with Gasteiger partial charge in [-0.15, -0.1) is 0 Å². The fourth-order valence-corrected chi connectivity index (χ4v) is 5.41. The van der Waals surface area contributed by atoms with Crippen LogP contribution in [0.1, 0.15) is 20.7 Å². The Bertz CT molecular complexity index is 1760. The van der Waals surface area contributed by atoms with Crippen molar-refractivity contribution in [2.45, 2.75) is 0 Å². The molecule has 0 saturated carbocycles. The average molecular weight is 650 g/mol. The number of carbonyl (C=O) groups is 2. The summed E-state index contributed by atoms with van der Waals surface area (Å²) < 4.78 is 1.80. The summed E-state index contributed by atoms with van der Waals surface area (Å²) >= 11 is 6.87. The monoisotopic (exact) mass is 648 g/mol. The average Bonchev–Trinajstić information content (AvgIpc) is 2.98. The van der Waals surface area contributed by atoms with E-state index in [0.717, 1.165) is 41.6 Å². The van der Waals surface area contributed by atoms with Gasteiger partial charge in [0.05, 0.1) is 0 Å². The topological polar surface area (TPSA) is 58.2 Å². The van der Waals surface area contributed by atoms with E-state index in [9.17, 15) is 9.59 Å². The van der Waals surface area contributed by atoms with Crippen LogP contribution in [0.15, 0.2) is 130 Å². The highest BCUT2D eigenvalue weighted by Crippen LogP contribution is 2.44. The van der Waals surface area contributed by atoms with Gasteiger partial charge in [-0.3, -0.25) is 9.59 Å². The van der Waals surface area contributed by atoms with Crippen LogP contribution in [0, 0.1) is 0 Å². The maximum atomic E-state index is 13.4. The SMILES string of the molecule is O=C(Nc1ccc2ccccc2c1-c1c(NC(=O)c2ccc(Br)cc2)ccc2ccccc12)c1ccc(Br)cc1. The van der Waals surface area contributed by atoms with E-state index in [4.69, 9.17) is 0 Å². The van der Waals surface area contributed by atoms with Crippen LogP contribution in [-0.4, -0.2) is 11.8 Å². The molecule has 0 spiro atoms. The normalized spacial score (nSPS) is 10.9. The van der Waals surface area contributed by atoms with Crippen molar-refractivity contribution in [3.8, 4) is 11.1 Å². The summed E-state index contributed by atoms with van der Waals surface area (Å²) in [6.07, 6.45) is 0. The summed E-state index contributed by atoms with van der Waals surface area (Å²) in [6, 6.07) is 38.5. The van der Waals surface area contributed by atoms with Crippen molar-refractivity contribution in [3.63, 3.8) is 0 Å². The van der Waals surface area contributed by atoms with E-state index >= 15 is 0 Å². The second-order valence-electron chi connectivity index (χ2n) is 9.34. The quantitative estimate of drug-likeness (QED) is 0.195. The molecule has 2 amide bonds. The maximum Gasteiger partial charge on any atom is 0.255 e. The highest BCUT2D eigenvalue weighted by atomic mass is 79.9. The number of amides is 2. The molecule has 0 radical (unpaired) electrons. The van der Waals surface area contributed by atoms with Crippen LogP contribution in [0.3, 0.4) is 0 Å². The van der Waals surface area contributed by atoms with Gasteiger partial charge < -0.3 is 10.6 Å². The van der Waals surface area contributed by atoms with Crippen molar-refractivity contribution in [2.75, 3.05) is 10.6 Å². The summed E-state index contributed by atoms with van der Waals surface area (Å²) in [4.78, 5) is 26.8. The van der Waals surface area contributed by atoms with Crippen LogP contribution in [0.4, 0.5) is 11.4 Å². The van der Waals surface area contributed by atoms with Crippen LogP contribution in [0.2, 0.25) is 0 Å². The molecular formula is C34H22Br2N2O2. The number of fused-ring (bicyclic) bond motifs is 2. The Hall–Kier alpha value is -4.26. The molecule has 6 heteroatoms. The van der Waals surface area contributed by atoms with Gasteiger partial charge >= 0.3 is 0 Å². The maximum absolute atomic E-state index is 13.4. The van der Waals surface area contributed by atoms with Gasteiger partial charge in [-0.05, 0) is 82.2 Å². The zero-order chi connectivity index (χ0) is 27.6. The molecule has 0 heterocycles. The Kier molecular flexibility index (Phi) is 7.20. The minimum Gasteiger partial charge on any atom is -0.321 e. The molecule has 6 aromatic rings. The number of nitrogens with one attached hydrogen (secondary N) is 2. The molecule has 40 heavy (non-hydrogen) atoms. The number of hydrogen-bond donors (Lipinski definition) is 2. The molecule has 6 rings (SSSR count). The fraction of sp³-hybridized carbons (Fsp3) is 0. The van der Waals surface area contributed by atoms with Gasteiger partial charge in [-0.25, -0.2) is 0 Å². The van der Waals surface area contributed by atoms with E-state index in [2.05, 4.69) is 42.5 Å². The highest BCUT2D eigenvalue weighted by molar-refractivity contribution is 9.10. The van der Waals surface area contributed by atoms with Crippen LogP contribution in [-0.2, 0) is 0 Å². The Balaban J connectivity index is 1.55. The van der Waals surface area contributed by atoms with Gasteiger partial charge in [0.15, 0.2) is 0 Å². The van der Waals surface area contributed by atoms with Crippen LogP contribution in [0.25, 0.3) is 32.7 Å². The summed E-state index contributed by atoms with van der Waals surface area (Å²) in [7, 11) is 0. The summed E-state index contributed by atoms with van der Waals surface area (Å²) in [5, 5.41) is 10.3. The second kappa shape index (κ2) is 11.1. The van der Waals surface area contributed by atoms with Crippen LogP contribution < -0.4 is 10.6 Å². The lowest BCUT2D eigenvalue weighted by Gasteiger charge is -2.20. The number of halogens is 2. The number of carbonyl (C=O) groups excluding carboxylic acids is 2. The summed E-state index contributed by atoms with van der Waals surface area (Å²) in [5.41, 5.74) is 4.08. The largest absolute Gasteiger partial charge is 0.321 e. The predicted octanol–water partition coefficient (Wildman–Crippen LogP) is 9.69. The lowest BCUT2D eigenvalue weighted by molar-refractivity contribution is 0.101. The third kappa shape index (κ3) is 5.16. The van der Waals surface area contributed by atoms with Crippen molar-refractivity contribution in [3.05, 3.63) is 141 Å². The van der Waals surface area contributed by atoms with Gasteiger partial charge in [0.2, 0.25) is 0 Å². The first-order valence-electron chi connectivity index (χ1n) is 12.7. The van der Waals surface area contributed by atoms with Gasteiger partial charge in [0, 0.05) is 42.6 Å². The van der Waals surface area contributed by atoms with Crippen molar-refractivity contribution in [1.29, 1.82) is 0 Å². The minimum atomic E-state index is -0.218. The van der Waals surface area contributed by atoms with E-state index in [1.54, 1.807) is 24.3 Å². The summed E-state index contributed by atoms with van der Waals surface area (Å²) in [6.45, 7) is 0. The third-order valence-corrected chi connectivity index (χ3v) is 7.87. The molecule has 6 aromatic carbocycles. The molecule has 0 atom stereocenters. The molecule has 0 unspecified atom stereocenters. The van der Waals surface area contributed by atoms with E-state index < -0.39 is 0 Å². The second-order valence-corrected chi connectivity index (χ2v) is 11.2. The van der Waals surface area contributed by atoms with Crippen molar-refractivity contribution in [2.24, 2.45) is 0 Å². The lowest BCUT2D eigenvalue weighted by atomic mass is 9.90. The zero-order valence-corrected chi connectivity index (χ0v) is 24.3. The molecule has 0 aliphatic rings. The number of anilines is 2. The number of rotatable bonds is 5. The lowest BCUT2D eigenvalue weighted by Crippen LogP contribution is -2.14. The molecule has 194 valence electrons. The Morgan fingerprint density at radius 2 is 0.825 bits per heavy atom. The molecule has 0 fully saturated rings. The number of hydrogen-bond acceptors (Lipinski definition) is 2. The highest BCUT2D eigenvalue weighted by Gasteiger charge is 2.20. The van der Waals surface area contributed by atoms with E-state index in [0.29, 0.717) is 22.5 Å². The molecule has 0 bridgehead atoms. The molecule has 0 aliphatic heterocycles. The number of benzene rings is 6. The Labute approximate surface area is 248 Å². The molecule has 0 aromatic heterocycles. The molecule has 4 nitrogen and oxygen atoms in total. The first-order chi connectivity index (χ1) is 19.5. The van der Waals surface area contributed by atoms with Gasteiger partial charge in [-0.1, -0.05) is 92.5 Å². The van der Waals surface area contributed by atoms with Gasteiger partial charge in [0.25, 0.3) is 11.8 Å². The molecule has 0 aliphatic carbocycles. The smallest absolute Gasteiger partial charge is 0.255 e. The third-order valence-electron chi connectivity index (χ3n) is 6.82. The van der Waals surface area contributed by atoms with Gasteiger partial charge in [-0.2, -0.15) is 0 Å². The molecule has 0 saturated heterocycles. The van der Waals surface area contributed by atoms with Crippen LogP contribution in [0.5, 0.6) is 0 Å². The van der Waals surface area contributed by atoms with Gasteiger partial charge in [0.1, 0.15) is 0 Å².